The van der Waals surface area contributed by atoms with Crippen LogP contribution in [0.15, 0.2) is 35.4 Å². The molecule has 3 nitrogen and oxygen atoms in total. The molecule has 0 bridgehead atoms. The van der Waals surface area contributed by atoms with E-state index < -0.39 is 40.5 Å². The number of ether oxygens (including phenoxy) is 1. The highest BCUT2D eigenvalue weighted by Crippen LogP contribution is 2.60. The normalized spacial score (nSPS) is 23.5. The van der Waals surface area contributed by atoms with Crippen LogP contribution < -0.4 is 0 Å². The molecule has 1 aromatic carbocycles. The molecule has 0 saturated heterocycles. The van der Waals surface area contributed by atoms with Gasteiger partial charge in [0.15, 0.2) is 0 Å². The summed E-state index contributed by atoms with van der Waals surface area (Å²) in [6.45, 7) is 5.16. The summed E-state index contributed by atoms with van der Waals surface area (Å²) in [5.74, 6) is -2.17. The van der Waals surface area contributed by atoms with E-state index in [-0.39, 0.29) is 0 Å². The number of hydrogen-bond acceptors (Lipinski definition) is 3. The van der Waals surface area contributed by atoms with Crippen molar-refractivity contribution in [3.63, 3.8) is 0 Å². The van der Waals surface area contributed by atoms with Gasteiger partial charge in [-0.15, -0.1) is 0 Å². The van der Waals surface area contributed by atoms with Crippen LogP contribution in [0.3, 0.4) is 0 Å². The SMILES string of the molecule is Cc1cccc(C(C#N)OC(=O)C2C(/C=C(\Cl)C(F)(F)F)C2(C)C)c1. The van der Waals surface area contributed by atoms with Crippen LogP contribution in [-0.4, -0.2) is 12.1 Å². The van der Waals surface area contributed by atoms with E-state index in [0.29, 0.717) is 5.56 Å². The van der Waals surface area contributed by atoms with Gasteiger partial charge >= 0.3 is 12.1 Å². The third-order valence-electron chi connectivity index (χ3n) is 4.46. The van der Waals surface area contributed by atoms with Crippen molar-refractivity contribution in [3.05, 3.63) is 46.5 Å². The zero-order chi connectivity index (χ0) is 19.0. The lowest BCUT2D eigenvalue weighted by molar-refractivity contribution is -0.149. The van der Waals surface area contributed by atoms with E-state index in [4.69, 9.17) is 16.3 Å². The molecule has 7 heteroatoms. The molecule has 1 aromatic rings. The van der Waals surface area contributed by atoms with Crippen molar-refractivity contribution in [2.75, 3.05) is 0 Å². The van der Waals surface area contributed by atoms with E-state index >= 15 is 0 Å². The van der Waals surface area contributed by atoms with Gasteiger partial charge in [0.05, 0.1) is 5.92 Å². The molecule has 25 heavy (non-hydrogen) atoms. The standard InChI is InChI=1S/C18H17ClF3NO2/c1-10-5-4-6-11(7-10)13(9-23)25-16(24)15-12(17(15,2)3)8-14(19)18(20,21)22/h4-8,12-13,15H,1-3H3/b14-8-. The largest absolute Gasteiger partial charge is 0.442 e. The lowest BCUT2D eigenvalue weighted by Gasteiger charge is -2.12. The maximum Gasteiger partial charge on any atom is 0.426 e. The Kier molecular flexibility index (Phi) is 5.19. The van der Waals surface area contributed by atoms with E-state index in [1.807, 2.05) is 19.1 Å². The van der Waals surface area contributed by atoms with Crippen LogP contribution in [0.1, 0.15) is 31.1 Å². The summed E-state index contributed by atoms with van der Waals surface area (Å²) in [5, 5.41) is 8.01. The predicted octanol–water partition coefficient (Wildman–Crippen LogP) is 5.06. The van der Waals surface area contributed by atoms with Gasteiger partial charge in [-0.3, -0.25) is 4.79 Å². The smallest absolute Gasteiger partial charge is 0.426 e. The van der Waals surface area contributed by atoms with Gasteiger partial charge in [0, 0.05) is 5.56 Å². The van der Waals surface area contributed by atoms with Crippen LogP contribution in [0.5, 0.6) is 0 Å². The first-order chi connectivity index (χ1) is 11.5. The number of aryl methyl sites for hydroxylation is 1. The Balaban J connectivity index is 2.14. The molecule has 0 heterocycles. The summed E-state index contributed by atoms with van der Waals surface area (Å²) in [5.41, 5.74) is 0.711. The third kappa shape index (κ3) is 4.16. The fraction of sp³-hybridized carbons (Fsp3) is 0.444. The topological polar surface area (TPSA) is 50.1 Å². The number of allylic oxidation sites excluding steroid dienone is 2. The number of halogens is 4. The van der Waals surface area contributed by atoms with Crippen molar-refractivity contribution in [2.24, 2.45) is 17.3 Å². The molecule has 0 radical (unpaired) electrons. The molecule has 3 unspecified atom stereocenters. The average Bonchev–Trinajstić information content (AvgIpc) is 3.04. The van der Waals surface area contributed by atoms with Gasteiger partial charge in [-0.05, 0) is 18.3 Å². The van der Waals surface area contributed by atoms with Crippen molar-refractivity contribution in [1.29, 1.82) is 5.26 Å². The van der Waals surface area contributed by atoms with Crippen LogP contribution in [-0.2, 0) is 9.53 Å². The van der Waals surface area contributed by atoms with Gasteiger partial charge in [-0.25, -0.2) is 0 Å². The van der Waals surface area contributed by atoms with Crippen LogP contribution in [0.2, 0.25) is 0 Å². The van der Waals surface area contributed by atoms with Crippen LogP contribution in [0.4, 0.5) is 13.2 Å². The van der Waals surface area contributed by atoms with Gasteiger partial charge in [0.25, 0.3) is 0 Å². The number of hydrogen-bond donors (Lipinski definition) is 0. The molecule has 0 aromatic heterocycles. The van der Waals surface area contributed by atoms with E-state index in [0.717, 1.165) is 11.6 Å². The zero-order valence-electron chi connectivity index (χ0n) is 13.9. The minimum absolute atomic E-state index is 0.523. The van der Waals surface area contributed by atoms with E-state index in [1.165, 1.54) is 0 Å². The molecule has 3 atom stereocenters. The molecule has 1 saturated carbocycles. The van der Waals surface area contributed by atoms with Crippen molar-refractivity contribution >= 4 is 17.6 Å². The fourth-order valence-electron chi connectivity index (χ4n) is 2.88. The third-order valence-corrected chi connectivity index (χ3v) is 4.80. The molecule has 0 N–H and O–H groups in total. The Morgan fingerprint density at radius 2 is 2.08 bits per heavy atom. The summed E-state index contributed by atoms with van der Waals surface area (Å²) in [6, 6.07) is 8.85. The first-order valence-electron chi connectivity index (χ1n) is 7.59. The number of carbonyl (C=O) groups excluding carboxylic acids is 1. The summed E-state index contributed by atoms with van der Waals surface area (Å²) in [7, 11) is 0. The maximum absolute atomic E-state index is 12.6. The molecule has 2 rings (SSSR count). The lowest BCUT2D eigenvalue weighted by atomic mass is 10.1. The van der Waals surface area contributed by atoms with Crippen molar-refractivity contribution < 1.29 is 22.7 Å². The number of esters is 1. The Morgan fingerprint density at radius 1 is 1.44 bits per heavy atom. The molecule has 0 amide bonds. The van der Waals surface area contributed by atoms with Gasteiger partial charge in [-0.2, -0.15) is 18.4 Å². The molecule has 0 spiro atoms. The fourth-order valence-corrected chi connectivity index (χ4v) is 3.02. The van der Waals surface area contributed by atoms with Crippen molar-refractivity contribution in [3.8, 4) is 6.07 Å². The quantitative estimate of drug-likeness (QED) is 0.695. The second-order valence-corrected chi connectivity index (χ2v) is 7.10. The monoisotopic (exact) mass is 371 g/mol. The van der Waals surface area contributed by atoms with Gasteiger partial charge < -0.3 is 4.74 Å². The van der Waals surface area contributed by atoms with Gasteiger partial charge in [-0.1, -0.05) is 61.4 Å². The minimum atomic E-state index is -4.65. The highest BCUT2D eigenvalue weighted by molar-refractivity contribution is 6.30. The van der Waals surface area contributed by atoms with E-state index in [9.17, 15) is 23.2 Å². The molecule has 1 aliphatic carbocycles. The van der Waals surface area contributed by atoms with Crippen molar-refractivity contribution in [1.82, 2.24) is 0 Å². The van der Waals surface area contributed by atoms with Crippen LogP contribution in [0, 0.1) is 35.5 Å². The molecular weight excluding hydrogens is 355 g/mol. The van der Waals surface area contributed by atoms with Crippen molar-refractivity contribution in [2.45, 2.75) is 33.1 Å². The number of carbonyl (C=O) groups is 1. The van der Waals surface area contributed by atoms with Gasteiger partial charge in [0.2, 0.25) is 6.10 Å². The summed E-state index contributed by atoms with van der Waals surface area (Å²) < 4.78 is 43.0. The zero-order valence-corrected chi connectivity index (χ0v) is 14.7. The predicted molar refractivity (Wildman–Crippen MR) is 86.4 cm³/mol. The highest BCUT2D eigenvalue weighted by atomic mass is 35.5. The Morgan fingerprint density at radius 3 is 2.60 bits per heavy atom. The lowest BCUT2D eigenvalue weighted by Crippen LogP contribution is -2.14. The Bertz CT molecular complexity index is 749. The molecule has 1 fully saturated rings. The van der Waals surface area contributed by atoms with Gasteiger partial charge in [0.1, 0.15) is 11.1 Å². The second kappa shape index (κ2) is 6.72. The van der Waals surface area contributed by atoms with E-state index in [2.05, 4.69) is 0 Å². The Hall–Kier alpha value is -2.00. The van der Waals surface area contributed by atoms with Crippen LogP contribution in [0.25, 0.3) is 0 Å². The Labute approximate surface area is 149 Å². The number of nitrogens with zero attached hydrogens (tertiary/aromatic N) is 1. The molecule has 134 valence electrons. The number of nitriles is 1. The van der Waals surface area contributed by atoms with Crippen LogP contribution >= 0.6 is 11.6 Å². The summed E-state index contributed by atoms with van der Waals surface area (Å²) in [4.78, 5) is 12.4. The number of rotatable bonds is 4. The molecule has 1 aliphatic rings. The second-order valence-electron chi connectivity index (χ2n) is 6.70. The summed E-state index contributed by atoms with van der Waals surface area (Å²) >= 11 is 5.27. The maximum atomic E-state index is 12.6. The minimum Gasteiger partial charge on any atom is -0.442 e. The summed E-state index contributed by atoms with van der Waals surface area (Å²) in [6.07, 6.45) is -4.90. The highest BCUT2D eigenvalue weighted by Gasteiger charge is 2.62. The average molecular weight is 372 g/mol. The van der Waals surface area contributed by atoms with E-state index in [1.54, 1.807) is 32.0 Å². The first-order valence-corrected chi connectivity index (χ1v) is 7.97. The number of alkyl halides is 3. The molecule has 0 aliphatic heterocycles. The first kappa shape index (κ1) is 19.3. The molecular formula is C18H17ClF3NO2. The number of benzene rings is 1.